The van der Waals surface area contributed by atoms with Crippen LogP contribution in [-0.2, 0) is 4.84 Å². The molecular weight excluding hydrogens is 381 g/mol. The van der Waals surface area contributed by atoms with Crippen LogP contribution in [0.1, 0.15) is 29.6 Å². The number of aromatic nitrogens is 2. The molecule has 0 amide bonds. The lowest BCUT2D eigenvalue weighted by molar-refractivity contribution is 0.0696. The summed E-state index contributed by atoms with van der Waals surface area (Å²) in [6.07, 6.45) is 0.753. The molecule has 0 fully saturated rings. The Hall–Kier alpha value is -3.75. The predicted molar refractivity (Wildman–Crippen MR) is 101 cm³/mol. The van der Waals surface area contributed by atoms with Crippen molar-refractivity contribution in [2.24, 2.45) is 5.16 Å². The Kier molecular flexibility index (Phi) is 6.51. The lowest BCUT2D eigenvalue weighted by atomic mass is 10.2. The van der Waals surface area contributed by atoms with Gasteiger partial charge in [0.1, 0.15) is 24.8 Å². The van der Waals surface area contributed by atoms with Crippen molar-refractivity contribution in [2.45, 2.75) is 13.3 Å². The fourth-order valence-corrected chi connectivity index (χ4v) is 2.26. The molecule has 150 valence electrons. The van der Waals surface area contributed by atoms with Gasteiger partial charge >= 0.3 is 5.97 Å². The van der Waals surface area contributed by atoms with Gasteiger partial charge in [-0.25, -0.2) is 9.18 Å². The number of oxime groups is 1. The average Bonchev–Trinajstić information content (AvgIpc) is 3.21. The van der Waals surface area contributed by atoms with Gasteiger partial charge in [-0.3, -0.25) is 0 Å². The van der Waals surface area contributed by atoms with Crippen LogP contribution in [0.4, 0.5) is 4.39 Å². The predicted octanol–water partition coefficient (Wildman–Crippen LogP) is 3.78. The van der Waals surface area contributed by atoms with Crippen LogP contribution in [-0.4, -0.2) is 40.2 Å². The maximum atomic E-state index is 13.1. The number of hydrogen-bond acceptors (Lipinski definition) is 7. The number of carbonyl (C=O) groups is 1. The molecule has 1 N–H and O–H groups in total. The summed E-state index contributed by atoms with van der Waals surface area (Å²) in [7, 11) is 0. The largest absolute Gasteiger partial charge is 0.487 e. The van der Waals surface area contributed by atoms with Crippen LogP contribution in [0.2, 0.25) is 0 Å². The van der Waals surface area contributed by atoms with Crippen molar-refractivity contribution in [1.29, 1.82) is 0 Å². The van der Waals surface area contributed by atoms with E-state index in [4.69, 9.17) is 19.1 Å². The van der Waals surface area contributed by atoms with E-state index in [1.165, 1.54) is 36.4 Å². The Balaban J connectivity index is 1.79. The quantitative estimate of drug-likeness (QED) is 0.331. The molecule has 9 heteroatoms. The second-order valence-electron chi connectivity index (χ2n) is 5.91. The molecule has 0 unspecified atom stereocenters. The number of carboxylic acid groups (broad SMARTS) is 1. The molecule has 1 aromatic heterocycles. The van der Waals surface area contributed by atoms with Crippen molar-refractivity contribution in [3.05, 3.63) is 65.8 Å². The van der Waals surface area contributed by atoms with E-state index in [1.54, 1.807) is 12.1 Å². The molecule has 8 nitrogen and oxygen atoms in total. The van der Waals surface area contributed by atoms with Gasteiger partial charge in [0.05, 0.1) is 5.56 Å². The molecule has 0 radical (unpaired) electrons. The molecule has 0 bridgehead atoms. The molecule has 0 saturated heterocycles. The Bertz CT molecular complexity index is 1000. The smallest absolute Gasteiger partial charge is 0.335 e. The fourth-order valence-electron chi connectivity index (χ4n) is 2.26. The van der Waals surface area contributed by atoms with Crippen molar-refractivity contribution in [3.63, 3.8) is 0 Å². The molecule has 2 aromatic carbocycles. The minimum Gasteiger partial charge on any atom is -0.487 e. The number of benzene rings is 2. The summed E-state index contributed by atoms with van der Waals surface area (Å²) in [5.74, 6) is -0.825. The van der Waals surface area contributed by atoms with E-state index in [0.717, 1.165) is 6.42 Å². The fraction of sp³-hybridized carbons (Fsp3) is 0.200. The summed E-state index contributed by atoms with van der Waals surface area (Å²) in [6, 6.07) is 11.7. The van der Waals surface area contributed by atoms with E-state index >= 15 is 0 Å². The molecule has 3 aromatic rings. The van der Waals surface area contributed by atoms with Crippen LogP contribution in [0.25, 0.3) is 11.5 Å². The van der Waals surface area contributed by atoms with E-state index in [-0.39, 0.29) is 35.5 Å². The van der Waals surface area contributed by atoms with E-state index in [9.17, 15) is 9.18 Å². The first-order chi connectivity index (χ1) is 14.1. The van der Waals surface area contributed by atoms with Crippen LogP contribution in [0, 0.1) is 5.82 Å². The number of nitrogens with zero attached hydrogens (tertiary/aromatic N) is 3. The molecule has 0 aliphatic rings. The zero-order valence-corrected chi connectivity index (χ0v) is 15.5. The van der Waals surface area contributed by atoms with Crippen molar-refractivity contribution in [3.8, 4) is 17.2 Å². The Morgan fingerprint density at radius 3 is 2.72 bits per heavy atom. The minimum atomic E-state index is -1.06. The molecule has 29 heavy (non-hydrogen) atoms. The van der Waals surface area contributed by atoms with Gasteiger partial charge in [-0.1, -0.05) is 18.1 Å². The van der Waals surface area contributed by atoms with Gasteiger partial charge in [0.25, 0.3) is 5.89 Å². The highest BCUT2D eigenvalue weighted by atomic mass is 19.1. The summed E-state index contributed by atoms with van der Waals surface area (Å²) in [5, 5.41) is 21.0. The van der Waals surface area contributed by atoms with E-state index in [1.807, 2.05) is 6.92 Å². The van der Waals surface area contributed by atoms with Gasteiger partial charge < -0.3 is 19.1 Å². The number of carboxylic acids is 1. The second kappa shape index (κ2) is 9.45. The highest BCUT2D eigenvalue weighted by molar-refractivity contribution is 5.97. The van der Waals surface area contributed by atoms with Crippen LogP contribution < -0.4 is 4.74 Å². The SMILES string of the molecule is CCCO/N=C(\COc1cccc(C(=O)O)c1)c1nnc(-c2ccc(F)cc2)o1. The number of rotatable bonds is 9. The monoisotopic (exact) mass is 399 g/mol. The summed E-state index contributed by atoms with van der Waals surface area (Å²) in [5.41, 5.74) is 0.883. The number of ether oxygens (including phenoxy) is 1. The summed E-state index contributed by atoms with van der Waals surface area (Å²) in [4.78, 5) is 16.3. The first-order valence-electron chi connectivity index (χ1n) is 8.81. The van der Waals surface area contributed by atoms with Gasteiger partial charge in [0.15, 0.2) is 5.71 Å². The van der Waals surface area contributed by atoms with Gasteiger partial charge in [-0.15, -0.1) is 10.2 Å². The standard InChI is InChI=1S/C20H18FN3O5/c1-2-10-28-24-17(12-27-16-5-3-4-14(11-16)20(25)26)19-23-22-18(29-19)13-6-8-15(21)9-7-13/h3-9,11H,2,10,12H2,1H3,(H,25,26)/b24-17+. The molecule has 0 saturated carbocycles. The number of halogens is 1. The zero-order valence-electron chi connectivity index (χ0n) is 15.5. The van der Waals surface area contributed by atoms with Gasteiger partial charge in [0, 0.05) is 5.56 Å². The van der Waals surface area contributed by atoms with E-state index in [0.29, 0.717) is 17.9 Å². The molecule has 0 aliphatic carbocycles. The Morgan fingerprint density at radius 1 is 1.21 bits per heavy atom. The molecule has 0 spiro atoms. The Morgan fingerprint density at radius 2 is 2.00 bits per heavy atom. The van der Waals surface area contributed by atoms with E-state index in [2.05, 4.69) is 15.4 Å². The summed E-state index contributed by atoms with van der Waals surface area (Å²) < 4.78 is 24.3. The number of aromatic carboxylic acids is 1. The Labute approximate surface area is 165 Å². The summed E-state index contributed by atoms with van der Waals surface area (Å²) in [6.45, 7) is 2.23. The zero-order chi connectivity index (χ0) is 20.6. The van der Waals surface area contributed by atoms with Crippen molar-refractivity contribution >= 4 is 11.7 Å². The molecular formula is C20H18FN3O5. The lowest BCUT2D eigenvalue weighted by Gasteiger charge is -2.07. The molecule has 3 rings (SSSR count). The normalized spacial score (nSPS) is 11.3. The third-order valence-electron chi connectivity index (χ3n) is 3.69. The van der Waals surface area contributed by atoms with Crippen LogP contribution >= 0.6 is 0 Å². The van der Waals surface area contributed by atoms with Crippen LogP contribution in [0.15, 0.2) is 58.1 Å². The first-order valence-corrected chi connectivity index (χ1v) is 8.81. The van der Waals surface area contributed by atoms with Crippen molar-refractivity contribution in [2.75, 3.05) is 13.2 Å². The van der Waals surface area contributed by atoms with Crippen LogP contribution in [0.5, 0.6) is 5.75 Å². The molecule has 1 heterocycles. The van der Waals surface area contributed by atoms with Gasteiger partial charge in [0.2, 0.25) is 5.89 Å². The van der Waals surface area contributed by atoms with E-state index < -0.39 is 5.97 Å². The maximum absolute atomic E-state index is 13.1. The highest BCUT2D eigenvalue weighted by Gasteiger charge is 2.17. The van der Waals surface area contributed by atoms with Crippen molar-refractivity contribution < 1.29 is 28.3 Å². The van der Waals surface area contributed by atoms with Crippen LogP contribution in [0.3, 0.4) is 0 Å². The van der Waals surface area contributed by atoms with Gasteiger partial charge in [-0.2, -0.15) is 0 Å². The first kappa shape index (κ1) is 20.0. The molecule has 0 atom stereocenters. The highest BCUT2D eigenvalue weighted by Crippen LogP contribution is 2.19. The summed E-state index contributed by atoms with van der Waals surface area (Å²) >= 11 is 0. The average molecular weight is 399 g/mol. The third kappa shape index (κ3) is 5.38. The topological polar surface area (TPSA) is 107 Å². The maximum Gasteiger partial charge on any atom is 0.335 e. The number of hydrogen-bond donors (Lipinski definition) is 1. The van der Waals surface area contributed by atoms with Crippen molar-refractivity contribution in [1.82, 2.24) is 10.2 Å². The third-order valence-corrected chi connectivity index (χ3v) is 3.69. The lowest BCUT2D eigenvalue weighted by Crippen LogP contribution is -2.14. The molecule has 0 aliphatic heterocycles. The second-order valence-corrected chi connectivity index (χ2v) is 5.91. The van der Waals surface area contributed by atoms with Gasteiger partial charge in [-0.05, 0) is 48.9 Å². The minimum absolute atomic E-state index is 0.0785.